The van der Waals surface area contributed by atoms with E-state index in [-0.39, 0.29) is 6.10 Å². The van der Waals surface area contributed by atoms with Gasteiger partial charge in [0.15, 0.2) is 11.7 Å². The van der Waals surface area contributed by atoms with E-state index in [2.05, 4.69) is 20.2 Å². The highest BCUT2D eigenvalue weighted by atomic mass is 16.5. The molecular weight excluding hydrogens is 256 g/mol. The summed E-state index contributed by atoms with van der Waals surface area (Å²) in [5, 5.41) is 7.21. The molecule has 0 radical (unpaired) electrons. The number of hydrogen-bond donors (Lipinski definition) is 1. The lowest BCUT2D eigenvalue weighted by Gasteiger charge is -2.21. The maximum absolute atomic E-state index is 5.71. The summed E-state index contributed by atoms with van der Waals surface area (Å²) >= 11 is 0. The van der Waals surface area contributed by atoms with E-state index in [1.165, 1.54) is 25.7 Å². The minimum Gasteiger partial charge on any atom is -0.448 e. The maximum Gasteiger partial charge on any atom is 0.203 e. The molecule has 106 valence electrons. The van der Waals surface area contributed by atoms with Crippen molar-refractivity contribution in [3.8, 4) is 11.5 Å². The Morgan fingerprint density at radius 2 is 2.05 bits per heavy atom. The van der Waals surface area contributed by atoms with Crippen LogP contribution in [0.5, 0.6) is 0 Å². The fourth-order valence-corrected chi connectivity index (χ4v) is 2.72. The van der Waals surface area contributed by atoms with Gasteiger partial charge >= 0.3 is 0 Å². The molecule has 1 saturated carbocycles. The fourth-order valence-electron chi connectivity index (χ4n) is 2.72. The number of rotatable bonds is 3. The molecular formula is C14H18N4O2. The van der Waals surface area contributed by atoms with Crippen molar-refractivity contribution in [1.29, 1.82) is 0 Å². The SMILES string of the molecule is c1oc(C2CCC2)nc1-c1n[nH]c(C2CCCCO2)n1. The van der Waals surface area contributed by atoms with E-state index in [0.29, 0.717) is 17.4 Å². The number of nitrogens with one attached hydrogen (secondary N) is 1. The Labute approximate surface area is 117 Å². The molecule has 0 spiro atoms. The van der Waals surface area contributed by atoms with Crippen LogP contribution in [-0.2, 0) is 4.74 Å². The number of ether oxygens (including phenoxy) is 1. The molecule has 4 rings (SSSR count). The third-order valence-corrected chi connectivity index (χ3v) is 4.19. The molecule has 2 fully saturated rings. The average molecular weight is 274 g/mol. The first-order valence-electron chi connectivity index (χ1n) is 7.40. The molecule has 0 bridgehead atoms. The Bertz CT molecular complexity index is 582. The van der Waals surface area contributed by atoms with E-state index in [1.54, 1.807) is 6.26 Å². The van der Waals surface area contributed by atoms with Crippen LogP contribution in [0, 0.1) is 0 Å². The van der Waals surface area contributed by atoms with Crippen molar-refractivity contribution in [2.24, 2.45) is 0 Å². The molecule has 1 N–H and O–H groups in total. The summed E-state index contributed by atoms with van der Waals surface area (Å²) in [6.07, 6.45) is 8.63. The summed E-state index contributed by atoms with van der Waals surface area (Å²) in [5.41, 5.74) is 0.713. The van der Waals surface area contributed by atoms with E-state index in [0.717, 1.165) is 31.2 Å². The standard InChI is InChI=1S/C14H18N4O2/c1-2-7-19-11(6-1)13-16-12(17-18-13)10-8-20-14(15-10)9-4-3-5-9/h8-9,11H,1-7H2,(H,16,17,18). The predicted octanol–water partition coefficient (Wildman–Crippen LogP) is 2.97. The first-order valence-corrected chi connectivity index (χ1v) is 7.40. The van der Waals surface area contributed by atoms with Gasteiger partial charge < -0.3 is 9.15 Å². The van der Waals surface area contributed by atoms with Crippen molar-refractivity contribution in [2.45, 2.75) is 50.5 Å². The van der Waals surface area contributed by atoms with Crippen molar-refractivity contribution in [1.82, 2.24) is 20.2 Å². The fraction of sp³-hybridized carbons (Fsp3) is 0.643. The highest BCUT2D eigenvalue weighted by Crippen LogP contribution is 2.36. The van der Waals surface area contributed by atoms with Crippen LogP contribution in [0.1, 0.15) is 62.3 Å². The molecule has 1 atom stereocenters. The van der Waals surface area contributed by atoms with Crippen LogP contribution in [0.25, 0.3) is 11.5 Å². The molecule has 1 unspecified atom stereocenters. The van der Waals surface area contributed by atoms with Crippen molar-refractivity contribution < 1.29 is 9.15 Å². The summed E-state index contributed by atoms with van der Waals surface area (Å²) in [5.74, 6) is 2.71. The third kappa shape index (κ3) is 2.14. The predicted molar refractivity (Wildman–Crippen MR) is 71.0 cm³/mol. The summed E-state index contributed by atoms with van der Waals surface area (Å²) in [7, 11) is 0. The molecule has 2 aromatic rings. The Morgan fingerprint density at radius 1 is 1.10 bits per heavy atom. The highest BCUT2D eigenvalue weighted by Gasteiger charge is 2.26. The number of nitrogens with zero attached hydrogens (tertiary/aromatic N) is 3. The Kier molecular flexibility index (Phi) is 3.03. The lowest BCUT2D eigenvalue weighted by atomic mass is 9.85. The van der Waals surface area contributed by atoms with Crippen molar-refractivity contribution in [3.05, 3.63) is 18.0 Å². The number of aromatic nitrogens is 4. The van der Waals surface area contributed by atoms with Gasteiger partial charge in [-0.3, -0.25) is 5.10 Å². The second-order valence-electron chi connectivity index (χ2n) is 5.60. The van der Waals surface area contributed by atoms with Crippen LogP contribution in [0.15, 0.2) is 10.7 Å². The molecule has 0 amide bonds. The molecule has 6 heteroatoms. The molecule has 0 aromatic carbocycles. The molecule has 1 saturated heterocycles. The Hall–Kier alpha value is -1.69. The van der Waals surface area contributed by atoms with Gasteiger partial charge in [-0.25, -0.2) is 9.97 Å². The second-order valence-corrected chi connectivity index (χ2v) is 5.60. The summed E-state index contributed by atoms with van der Waals surface area (Å²) in [4.78, 5) is 9.02. The van der Waals surface area contributed by atoms with Crippen LogP contribution in [0.4, 0.5) is 0 Å². The van der Waals surface area contributed by atoms with Crippen LogP contribution in [-0.4, -0.2) is 26.8 Å². The van der Waals surface area contributed by atoms with Gasteiger partial charge in [-0.1, -0.05) is 6.42 Å². The van der Waals surface area contributed by atoms with Gasteiger partial charge in [-0.15, -0.1) is 0 Å². The molecule has 6 nitrogen and oxygen atoms in total. The summed E-state index contributed by atoms with van der Waals surface area (Å²) < 4.78 is 11.2. The average Bonchev–Trinajstić information content (AvgIpc) is 3.06. The number of H-pyrrole nitrogens is 1. The Morgan fingerprint density at radius 3 is 2.80 bits per heavy atom. The monoisotopic (exact) mass is 274 g/mol. The second kappa shape index (κ2) is 5.01. The van der Waals surface area contributed by atoms with Gasteiger partial charge in [0.05, 0.1) is 0 Å². The van der Waals surface area contributed by atoms with Crippen LogP contribution in [0.3, 0.4) is 0 Å². The zero-order valence-electron chi connectivity index (χ0n) is 11.3. The van der Waals surface area contributed by atoms with Crippen molar-refractivity contribution in [3.63, 3.8) is 0 Å². The number of aromatic amines is 1. The number of oxazole rings is 1. The zero-order chi connectivity index (χ0) is 13.4. The van der Waals surface area contributed by atoms with Gasteiger partial charge in [-0.2, -0.15) is 5.10 Å². The first-order chi connectivity index (χ1) is 9.90. The van der Waals surface area contributed by atoms with Crippen LogP contribution >= 0.6 is 0 Å². The van der Waals surface area contributed by atoms with Crippen molar-refractivity contribution in [2.75, 3.05) is 6.61 Å². The highest BCUT2D eigenvalue weighted by molar-refractivity contribution is 5.46. The largest absolute Gasteiger partial charge is 0.448 e. The molecule has 20 heavy (non-hydrogen) atoms. The normalized spacial score (nSPS) is 23.7. The van der Waals surface area contributed by atoms with Gasteiger partial charge in [-0.05, 0) is 32.1 Å². The van der Waals surface area contributed by atoms with E-state index < -0.39 is 0 Å². The van der Waals surface area contributed by atoms with Crippen molar-refractivity contribution >= 4 is 0 Å². The Balaban J connectivity index is 1.53. The number of hydrogen-bond acceptors (Lipinski definition) is 5. The molecule has 1 aliphatic heterocycles. The third-order valence-electron chi connectivity index (χ3n) is 4.19. The van der Waals surface area contributed by atoms with Gasteiger partial charge in [0, 0.05) is 12.5 Å². The molecule has 2 aliphatic rings. The maximum atomic E-state index is 5.71. The van der Waals surface area contributed by atoms with E-state index in [4.69, 9.17) is 9.15 Å². The van der Waals surface area contributed by atoms with Gasteiger partial charge in [0.2, 0.25) is 5.82 Å². The summed E-state index contributed by atoms with van der Waals surface area (Å²) in [6, 6.07) is 0. The lowest BCUT2D eigenvalue weighted by Crippen LogP contribution is -2.12. The molecule has 3 heterocycles. The quantitative estimate of drug-likeness (QED) is 0.931. The van der Waals surface area contributed by atoms with Gasteiger partial charge in [0.25, 0.3) is 0 Å². The summed E-state index contributed by atoms with van der Waals surface area (Å²) in [6.45, 7) is 0.802. The van der Waals surface area contributed by atoms with Crippen LogP contribution < -0.4 is 0 Å². The minimum absolute atomic E-state index is 0.0444. The minimum atomic E-state index is 0.0444. The van der Waals surface area contributed by atoms with Crippen LogP contribution in [0.2, 0.25) is 0 Å². The zero-order valence-corrected chi connectivity index (χ0v) is 11.3. The van der Waals surface area contributed by atoms with E-state index in [9.17, 15) is 0 Å². The molecule has 1 aliphatic carbocycles. The first kappa shape index (κ1) is 12.1. The topological polar surface area (TPSA) is 76.8 Å². The smallest absolute Gasteiger partial charge is 0.203 e. The van der Waals surface area contributed by atoms with E-state index in [1.807, 2.05) is 0 Å². The molecule has 2 aromatic heterocycles. The van der Waals surface area contributed by atoms with E-state index >= 15 is 0 Å². The lowest BCUT2D eigenvalue weighted by molar-refractivity contribution is 0.00969. The van der Waals surface area contributed by atoms with Gasteiger partial charge in [0.1, 0.15) is 18.1 Å².